The summed E-state index contributed by atoms with van der Waals surface area (Å²) in [5, 5.41) is 13.5. The fourth-order valence-electron chi connectivity index (χ4n) is 0.867. The molecule has 0 aliphatic heterocycles. The van der Waals surface area contributed by atoms with Gasteiger partial charge in [0.25, 0.3) is 0 Å². The molecule has 1 aromatic heterocycles. The van der Waals surface area contributed by atoms with Crippen molar-refractivity contribution in [3.63, 3.8) is 0 Å². The third kappa shape index (κ3) is 4.40. The van der Waals surface area contributed by atoms with Gasteiger partial charge in [-0.1, -0.05) is 0 Å². The maximum atomic E-state index is 10.2. The lowest BCUT2D eigenvalue weighted by Gasteiger charge is -1.99. The van der Waals surface area contributed by atoms with Crippen LogP contribution in [0, 0.1) is 0 Å². The molecule has 0 fully saturated rings. The maximum Gasteiger partial charge on any atom is 0.304 e. The number of hydrogen-bond acceptors (Lipinski definition) is 3. The van der Waals surface area contributed by atoms with Gasteiger partial charge in [-0.2, -0.15) is 0 Å². The monoisotopic (exact) mass is 263 g/mol. The standard InChI is InChI=1S/C8H10BrNO2S/c9-7-3-6(5-13-7)4-10-2-1-8(11)12/h3,5,10H,1-2,4H2,(H,11,12). The Morgan fingerprint density at radius 2 is 2.46 bits per heavy atom. The zero-order valence-corrected chi connectivity index (χ0v) is 9.32. The van der Waals surface area contributed by atoms with E-state index >= 15 is 0 Å². The summed E-state index contributed by atoms with van der Waals surface area (Å²) in [5.74, 6) is -0.765. The van der Waals surface area contributed by atoms with E-state index in [1.165, 1.54) is 5.56 Å². The summed E-state index contributed by atoms with van der Waals surface area (Å²) in [4.78, 5) is 10.2. The van der Waals surface area contributed by atoms with Crippen LogP contribution >= 0.6 is 27.3 Å². The third-order valence-electron chi connectivity index (χ3n) is 1.47. The van der Waals surface area contributed by atoms with Crippen molar-refractivity contribution in [2.75, 3.05) is 6.54 Å². The summed E-state index contributed by atoms with van der Waals surface area (Å²) in [7, 11) is 0. The van der Waals surface area contributed by atoms with E-state index in [1.807, 2.05) is 11.4 Å². The first-order chi connectivity index (χ1) is 6.18. The molecule has 5 heteroatoms. The van der Waals surface area contributed by atoms with Crippen molar-refractivity contribution in [3.05, 3.63) is 20.8 Å². The Hall–Kier alpha value is -0.390. The number of hydrogen-bond donors (Lipinski definition) is 2. The Kier molecular flexibility index (Phi) is 4.41. The van der Waals surface area contributed by atoms with E-state index in [-0.39, 0.29) is 6.42 Å². The van der Waals surface area contributed by atoms with Crippen LogP contribution in [0.1, 0.15) is 12.0 Å². The van der Waals surface area contributed by atoms with Crippen molar-refractivity contribution in [3.8, 4) is 0 Å². The third-order valence-corrected chi connectivity index (χ3v) is 3.02. The molecule has 72 valence electrons. The lowest BCUT2D eigenvalue weighted by Crippen LogP contribution is -2.17. The number of halogens is 1. The van der Waals surface area contributed by atoms with E-state index in [9.17, 15) is 4.79 Å². The Morgan fingerprint density at radius 1 is 1.69 bits per heavy atom. The smallest absolute Gasteiger partial charge is 0.304 e. The summed E-state index contributed by atoms with van der Waals surface area (Å²) in [6.45, 7) is 1.25. The first-order valence-electron chi connectivity index (χ1n) is 3.84. The fraction of sp³-hybridized carbons (Fsp3) is 0.375. The molecule has 13 heavy (non-hydrogen) atoms. The van der Waals surface area contributed by atoms with Crippen molar-refractivity contribution < 1.29 is 9.90 Å². The zero-order chi connectivity index (χ0) is 9.68. The highest BCUT2D eigenvalue weighted by atomic mass is 79.9. The quantitative estimate of drug-likeness (QED) is 0.800. The fourth-order valence-corrected chi connectivity index (χ4v) is 2.08. The molecule has 1 heterocycles. The van der Waals surface area contributed by atoms with Crippen LogP contribution in [0.3, 0.4) is 0 Å². The summed E-state index contributed by atoms with van der Waals surface area (Å²) >= 11 is 4.99. The van der Waals surface area contributed by atoms with Crippen LogP contribution in [0.25, 0.3) is 0 Å². The Labute approximate surface area is 88.9 Å². The summed E-state index contributed by atoms with van der Waals surface area (Å²) in [6.07, 6.45) is 0.172. The van der Waals surface area contributed by atoms with Crippen LogP contribution < -0.4 is 5.32 Å². The highest BCUT2D eigenvalue weighted by Crippen LogP contribution is 2.20. The molecule has 1 rings (SSSR count). The Balaban J connectivity index is 2.16. The van der Waals surface area contributed by atoms with Crippen LogP contribution in [0.4, 0.5) is 0 Å². The van der Waals surface area contributed by atoms with Gasteiger partial charge < -0.3 is 10.4 Å². The van der Waals surface area contributed by atoms with Crippen LogP contribution in [0.15, 0.2) is 15.2 Å². The normalized spacial score (nSPS) is 10.2. The van der Waals surface area contributed by atoms with Gasteiger partial charge in [-0.15, -0.1) is 11.3 Å². The summed E-state index contributed by atoms with van der Waals surface area (Å²) < 4.78 is 1.10. The van der Waals surface area contributed by atoms with E-state index in [0.717, 1.165) is 10.3 Å². The minimum atomic E-state index is -0.765. The predicted molar refractivity (Wildman–Crippen MR) is 56.0 cm³/mol. The molecule has 0 saturated heterocycles. The average molecular weight is 264 g/mol. The average Bonchev–Trinajstić information content (AvgIpc) is 2.45. The SMILES string of the molecule is O=C(O)CCNCc1csc(Br)c1. The van der Waals surface area contributed by atoms with Gasteiger partial charge in [-0.3, -0.25) is 4.79 Å². The van der Waals surface area contributed by atoms with Gasteiger partial charge in [0.1, 0.15) is 0 Å². The lowest BCUT2D eigenvalue weighted by atomic mass is 10.3. The largest absolute Gasteiger partial charge is 0.481 e. The molecule has 0 amide bonds. The van der Waals surface area contributed by atoms with Crippen molar-refractivity contribution in [2.45, 2.75) is 13.0 Å². The molecule has 0 saturated carbocycles. The molecule has 0 radical (unpaired) electrons. The van der Waals surface area contributed by atoms with E-state index in [0.29, 0.717) is 6.54 Å². The maximum absolute atomic E-state index is 10.2. The van der Waals surface area contributed by atoms with Crippen LogP contribution in [0.2, 0.25) is 0 Å². The first kappa shape index (κ1) is 10.7. The van der Waals surface area contributed by atoms with E-state index in [4.69, 9.17) is 5.11 Å². The number of carbonyl (C=O) groups is 1. The number of carboxylic acids is 1. The summed E-state index contributed by atoms with van der Waals surface area (Å²) in [6, 6.07) is 2.03. The van der Waals surface area contributed by atoms with Crippen LogP contribution in [-0.4, -0.2) is 17.6 Å². The van der Waals surface area contributed by atoms with Gasteiger partial charge in [0.05, 0.1) is 10.2 Å². The lowest BCUT2D eigenvalue weighted by molar-refractivity contribution is -0.136. The minimum Gasteiger partial charge on any atom is -0.481 e. The van der Waals surface area contributed by atoms with E-state index in [2.05, 4.69) is 21.2 Å². The molecule has 1 aromatic rings. The molecule has 3 nitrogen and oxygen atoms in total. The molecule has 0 aromatic carbocycles. The van der Waals surface area contributed by atoms with Crippen molar-refractivity contribution in [1.82, 2.24) is 5.32 Å². The van der Waals surface area contributed by atoms with Gasteiger partial charge in [0.15, 0.2) is 0 Å². The van der Waals surface area contributed by atoms with Gasteiger partial charge in [0, 0.05) is 13.1 Å². The molecule has 0 aliphatic carbocycles. The van der Waals surface area contributed by atoms with Gasteiger partial charge in [-0.05, 0) is 32.9 Å². The highest BCUT2D eigenvalue weighted by molar-refractivity contribution is 9.11. The Morgan fingerprint density at radius 3 is 3.00 bits per heavy atom. The van der Waals surface area contributed by atoms with E-state index < -0.39 is 5.97 Å². The van der Waals surface area contributed by atoms with Crippen molar-refractivity contribution in [2.24, 2.45) is 0 Å². The molecule has 0 aliphatic rings. The number of rotatable bonds is 5. The first-order valence-corrected chi connectivity index (χ1v) is 5.51. The predicted octanol–water partition coefficient (Wildman–Crippen LogP) is 2.07. The molecule has 0 atom stereocenters. The Bertz CT molecular complexity index is 287. The zero-order valence-electron chi connectivity index (χ0n) is 6.92. The number of nitrogens with one attached hydrogen (secondary N) is 1. The molecular formula is C8H10BrNO2S. The minimum absolute atomic E-state index is 0.172. The topological polar surface area (TPSA) is 49.3 Å². The van der Waals surface area contributed by atoms with Crippen LogP contribution in [-0.2, 0) is 11.3 Å². The molecular weight excluding hydrogens is 254 g/mol. The molecule has 2 N–H and O–H groups in total. The van der Waals surface area contributed by atoms with Gasteiger partial charge in [-0.25, -0.2) is 0 Å². The second-order valence-corrected chi connectivity index (χ2v) is 4.87. The number of aliphatic carboxylic acids is 1. The molecule has 0 spiro atoms. The number of carboxylic acid groups (broad SMARTS) is 1. The van der Waals surface area contributed by atoms with Crippen molar-refractivity contribution >= 4 is 33.2 Å². The summed E-state index contributed by atoms with van der Waals surface area (Å²) in [5.41, 5.74) is 1.18. The van der Waals surface area contributed by atoms with Crippen LogP contribution in [0.5, 0.6) is 0 Å². The van der Waals surface area contributed by atoms with E-state index in [1.54, 1.807) is 11.3 Å². The van der Waals surface area contributed by atoms with Crippen molar-refractivity contribution in [1.29, 1.82) is 0 Å². The molecule has 0 bridgehead atoms. The number of thiophene rings is 1. The second-order valence-electron chi connectivity index (χ2n) is 2.58. The van der Waals surface area contributed by atoms with Gasteiger partial charge >= 0.3 is 5.97 Å². The highest BCUT2D eigenvalue weighted by Gasteiger charge is 1.98. The van der Waals surface area contributed by atoms with Gasteiger partial charge in [0.2, 0.25) is 0 Å². The molecule has 0 unspecified atom stereocenters. The second kappa shape index (κ2) is 5.36.